The molecule has 0 amide bonds. The number of hydrogen-bond donors (Lipinski definition) is 1. The molecule has 0 saturated heterocycles. The Bertz CT molecular complexity index is 518. The first-order valence-corrected chi connectivity index (χ1v) is 7.14. The van der Waals surface area contributed by atoms with E-state index in [0.29, 0.717) is 0 Å². The van der Waals surface area contributed by atoms with Crippen LogP contribution in [0.1, 0.15) is 43.4 Å². The van der Waals surface area contributed by atoms with Gasteiger partial charge in [-0.25, -0.2) is 0 Å². The van der Waals surface area contributed by atoms with E-state index in [1.807, 2.05) is 6.07 Å². The standard InChI is InChI=1S/C18H23N/c1-3-9-15-10-8-13-17(14-15)18(19,4-2)16-11-6-5-7-12-16/h5-8,10-14H,3-4,9,19H2,1-2H3. The fraction of sp³-hybridized carbons (Fsp3) is 0.333. The first-order valence-electron chi connectivity index (χ1n) is 7.14. The van der Waals surface area contributed by atoms with E-state index < -0.39 is 0 Å². The van der Waals surface area contributed by atoms with E-state index in [1.54, 1.807) is 0 Å². The summed E-state index contributed by atoms with van der Waals surface area (Å²) in [4.78, 5) is 0. The van der Waals surface area contributed by atoms with Gasteiger partial charge >= 0.3 is 0 Å². The summed E-state index contributed by atoms with van der Waals surface area (Å²) in [5, 5.41) is 0. The molecular weight excluding hydrogens is 230 g/mol. The Morgan fingerprint density at radius 2 is 1.58 bits per heavy atom. The molecular formula is C18H23N. The molecule has 100 valence electrons. The summed E-state index contributed by atoms with van der Waals surface area (Å²) < 4.78 is 0. The highest BCUT2D eigenvalue weighted by Crippen LogP contribution is 2.30. The highest BCUT2D eigenvalue weighted by molar-refractivity contribution is 5.39. The zero-order chi connectivity index (χ0) is 13.7. The maximum absolute atomic E-state index is 6.70. The van der Waals surface area contributed by atoms with Crippen LogP contribution in [-0.2, 0) is 12.0 Å². The van der Waals surface area contributed by atoms with E-state index in [0.717, 1.165) is 12.8 Å². The van der Waals surface area contributed by atoms with Crippen LogP contribution < -0.4 is 5.73 Å². The largest absolute Gasteiger partial charge is 0.318 e. The van der Waals surface area contributed by atoms with Gasteiger partial charge < -0.3 is 5.73 Å². The van der Waals surface area contributed by atoms with Gasteiger partial charge in [-0.3, -0.25) is 0 Å². The van der Waals surface area contributed by atoms with Gasteiger partial charge in [-0.1, -0.05) is 74.9 Å². The summed E-state index contributed by atoms with van der Waals surface area (Å²) in [6, 6.07) is 19.1. The summed E-state index contributed by atoms with van der Waals surface area (Å²) in [6.45, 7) is 4.36. The molecule has 0 aliphatic rings. The van der Waals surface area contributed by atoms with Crippen LogP contribution in [0.4, 0.5) is 0 Å². The van der Waals surface area contributed by atoms with Crippen LogP contribution in [0.5, 0.6) is 0 Å². The van der Waals surface area contributed by atoms with Crippen LogP contribution in [0, 0.1) is 0 Å². The van der Waals surface area contributed by atoms with E-state index in [2.05, 4.69) is 62.4 Å². The predicted molar refractivity (Wildman–Crippen MR) is 82.1 cm³/mol. The second-order valence-electron chi connectivity index (χ2n) is 5.14. The van der Waals surface area contributed by atoms with Crippen molar-refractivity contribution in [1.82, 2.24) is 0 Å². The van der Waals surface area contributed by atoms with Crippen LogP contribution in [0.2, 0.25) is 0 Å². The van der Waals surface area contributed by atoms with Gasteiger partial charge in [-0.15, -0.1) is 0 Å². The molecule has 19 heavy (non-hydrogen) atoms. The van der Waals surface area contributed by atoms with Crippen LogP contribution >= 0.6 is 0 Å². The van der Waals surface area contributed by atoms with Crippen LogP contribution in [0.25, 0.3) is 0 Å². The molecule has 1 atom stereocenters. The Morgan fingerprint density at radius 3 is 2.21 bits per heavy atom. The smallest absolute Gasteiger partial charge is 0.0663 e. The highest BCUT2D eigenvalue weighted by atomic mass is 14.7. The molecule has 0 bridgehead atoms. The monoisotopic (exact) mass is 253 g/mol. The summed E-state index contributed by atoms with van der Waals surface area (Å²) in [7, 11) is 0. The minimum atomic E-state index is -0.384. The molecule has 0 aliphatic carbocycles. The molecule has 1 heteroatoms. The number of benzene rings is 2. The molecule has 1 unspecified atom stereocenters. The van der Waals surface area contributed by atoms with Crippen molar-refractivity contribution in [3.05, 3.63) is 71.3 Å². The minimum absolute atomic E-state index is 0.384. The molecule has 2 N–H and O–H groups in total. The molecule has 0 spiro atoms. The van der Waals surface area contributed by atoms with Crippen molar-refractivity contribution < 1.29 is 0 Å². The van der Waals surface area contributed by atoms with Crippen molar-refractivity contribution in [2.45, 2.75) is 38.6 Å². The van der Waals surface area contributed by atoms with Crippen molar-refractivity contribution in [1.29, 1.82) is 0 Å². The first kappa shape index (κ1) is 13.8. The molecule has 2 rings (SSSR count). The second kappa shape index (κ2) is 6.03. The first-order chi connectivity index (χ1) is 9.20. The molecule has 1 nitrogen and oxygen atoms in total. The molecule has 0 radical (unpaired) electrons. The minimum Gasteiger partial charge on any atom is -0.318 e. The number of aryl methyl sites for hydroxylation is 1. The third-order valence-corrected chi connectivity index (χ3v) is 3.83. The second-order valence-corrected chi connectivity index (χ2v) is 5.14. The summed E-state index contributed by atoms with van der Waals surface area (Å²) in [5.41, 5.74) is 10.1. The highest BCUT2D eigenvalue weighted by Gasteiger charge is 2.27. The van der Waals surface area contributed by atoms with Gasteiger partial charge in [-0.05, 0) is 29.5 Å². The van der Waals surface area contributed by atoms with Crippen molar-refractivity contribution in [3.8, 4) is 0 Å². The van der Waals surface area contributed by atoms with Gasteiger partial charge in [0.25, 0.3) is 0 Å². The van der Waals surface area contributed by atoms with Gasteiger partial charge in [0.2, 0.25) is 0 Å². The number of hydrogen-bond acceptors (Lipinski definition) is 1. The van der Waals surface area contributed by atoms with E-state index in [1.165, 1.54) is 23.1 Å². The van der Waals surface area contributed by atoms with Crippen molar-refractivity contribution in [2.75, 3.05) is 0 Å². The van der Waals surface area contributed by atoms with Gasteiger partial charge in [0.1, 0.15) is 0 Å². The lowest BCUT2D eigenvalue weighted by Gasteiger charge is -2.30. The Hall–Kier alpha value is -1.60. The lowest BCUT2D eigenvalue weighted by Crippen LogP contribution is -2.37. The SMILES string of the molecule is CCCc1cccc(C(N)(CC)c2ccccc2)c1. The van der Waals surface area contributed by atoms with Crippen molar-refractivity contribution >= 4 is 0 Å². The summed E-state index contributed by atoms with van der Waals surface area (Å²) in [5.74, 6) is 0. The molecule has 2 aromatic rings. The lowest BCUT2D eigenvalue weighted by atomic mass is 9.81. The average molecular weight is 253 g/mol. The van der Waals surface area contributed by atoms with E-state index in [4.69, 9.17) is 5.73 Å². The maximum Gasteiger partial charge on any atom is 0.0663 e. The van der Waals surface area contributed by atoms with Crippen LogP contribution in [0.3, 0.4) is 0 Å². The quantitative estimate of drug-likeness (QED) is 0.847. The average Bonchev–Trinajstić information content (AvgIpc) is 2.48. The molecule has 2 aromatic carbocycles. The van der Waals surface area contributed by atoms with Gasteiger partial charge in [0.05, 0.1) is 5.54 Å². The topological polar surface area (TPSA) is 26.0 Å². The van der Waals surface area contributed by atoms with Crippen molar-refractivity contribution in [2.24, 2.45) is 5.73 Å². The van der Waals surface area contributed by atoms with Gasteiger partial charge in [0, 0.05) is 0 Å². The normalized spacial score (nSPS) is 14.1. The Kier molecular flexibility index (Phi) is 4.39. The molecule has 0 aliphatic heterocycles. The lowest BCUT2D eigenvalue weighted by molar-refractivity contribution is 0.518. The fourth-order valence-corrected chi connectivity index (χ4v) is 2.60. The predicted octanol–water partition coefficient (Wildman–Crippen LogP) is 4.25. The molecule has 0 heterocycles. The number of rotatable bonds is 5. The zero-order valence-corrected chi connectivity index (χ0v) is 11.9. The summed E-state index contributed by atoms with van der Waals surface area (Å²) in [6.07, 6.45) is 3.17. The van der Waals surface area contributed by atoms with E-state index in [9.17, 15) is 0 Å². The fourth-order valence-electron chi connectivity index (χ4n) is 2.60. The Morgan fingerprint density at radius 1 is 0.895 bits per heavy atom. The van der Waals surface area contributed by atoms with Crippen LogP contribution in [0.15, 0.2) is 54.6 Å². The third kappa shape index (κ3) is 2.87. The Labute approximate surface area is 116 Å². The van der Waals surface area contributed by atoms with Gasteiger partial charge in [-0.2, -0.15) is 0 Å². The molecule has 0 saturated carbocycles. The van der Waals surface area contributed by atoms with Gasteiger partial charge in [0.15, 0.2) is 0 Å². The third-order valence-electron chi connectivity index (χ3n) is 3.83. The molecule has 0 fully saturated rings. The number of nitrogens with two attached hydrogens (primary N) is 1. The van der Waals surface area contributed by atoms with E-state index >= 15 is 0 Å². The molecule has 0 aromatic heterocycles. The van der Waals surface area contributed by atoms with Crippen LogP contribution in [-0.4, -0.2) is 0 Å². The van der Waals surface area contributed by atoms with E-state index in [-0.39, 0.29) is 5.54 Å². The maximum atomic E-state index is 6.70. The summed E-state index contributed by atoms with van der Waals surface area (Å²) >= 11 is 0. The zero-order valence-electron chi connectivity index (χ0n) is 11.9. The van der Waals surface area contributed by atoms with Crippen molar-refractivity contribution in [3.63, 3.8) is 0 Å². The Balaban J connectivity index is 2.44.